The predicted octanol–water partition coefficient (Wildman–Crippen LogP) is 0.913. The molecular formula is C14H20N2O3. The lowest BCUT2D eigenvalue weighted by molar-refractivity contribution is -0.136. The second-order valence-corrected chi connectivity index (χ2v) is 4.83. The molecule has 0 aliphatic carbocycles. The molecule has 0 unspecified atom stereocenters. The molecule has 0 heterocycles. The van der Waals surface area contributed by atoms with Gasteiger partial charge in [0.15, 0.2) is 0 Å². The standard InChI is InChI=1S/C14H20N2O3/c1-9(2)13(15)14(19)16-8-11-6-4-3-5-10(11)7-12(17)18/h3-6,9,13H,7-8,15H2,1-2H3,(H,16,19)(H,17,18)/t13-/m1/s1. The maximum absolute atomic E-state index is 11.7. The van der Waals surface area contributed by atoms with Crippen LogP contribution in [0.4, 0.5) is 0 Å². The Morgan fingerprint density at radius 3 is 2.37 bits per heavy atom. The summed E-state index contributed by atoms with van der Waals surface area (Å²) < 4.78 is 0. The molecule has 0 aliphatic rings. The molecule has 0 aliphatic heterocycles. The van der Waals surface area contributed by atoms with Gasteiger partial charge < -0.3 is 16.2 Å². The van der Waals surface area contributed by atoms with Crippen LogP contribution in [0.5, 0.6) is 0 Å². The van der Waals surface area contributed by atoms with Gasteiger partial charge in [0.2, 0.25) is 5.91 Å². The topological polar surface area (TPSA) is 92.4 Å². The fourth-order valence-electron chi connectivity index (χ4n) is 1.67. The summed E-state index contributed by atoms with van der Waals surface area (Å²) in [7, 11) is 0. The molecule has 0 saturated heterocycles. The van der Waals surface area contributed by atoms with Gasteiger partial charge in [-0.2, -0.15) is 0 Å². The van der Waals surface area contributed by atoms with Gasteiger partial charge in [-0.1, -0.05) is 38.1 Å². The zero-order valence-corrected chi connectivity index (χ0v) is 11.2. The van der Waals surface area contributed by atoms with Crippen LogP contribution in [0.15, 0.2) is 24.3 Å². The van der Waals surface area contributed by atoms with Crippen molar-refractivity contribution in [1.82, 2.24) is 5.32 Å². The molecule has 1 atom stereocenters. The number of nitrogens with two attached hydrogens (primary N) is 1. The third-order valence-corrected chi connectivity index (χ3v) is 2.93. The van der Waals surface area contributed by atoms with Gasteiger partial charge in [0, 0.05) is 6.54 Å². The van der Waals surface area contributed by atoms with E-state index in [1.54, 1.807) is 18.2 Å². The number of carbonyl (C=O) groups is 2. The zero-order valence-electron chi connectivity index (χ0n) is 11.2. The summed E-state index contributed by atoms with van der Waals surface area (Å²) in [5.41, 5.74) is 7.24. The summed E-state index contributed by atoms with van der Waals surface area (Å²) in [5.74, 6) is -1.05. The van der Waals surface area contributed by atoms with Crippen LogP contribution in [0.2, 0.25) is 0 Å². The minimum Gasteiger partial charge on any atom is -0.481 e. The third kappa shape index (κ3) is 4.71. The second-order valence-electron chi connectivity index (χ2n) is 4.83. The molecule has 19 heavy (non-hydrogen) atoms. The third-order valence-electron chi connectivity index (χ3n) is 2.93. The number of benzene rings is 1. The lowest BCUT2D eigenvalue weighted by Gasteiger charge is -2.16. The molecule has 4 N–H and O–H groups in total. The highest BCUT2D eigenvalue weighted by Gasteiger charge is 2.17. The first-order valence-electron chi connectivity index (χ1n) is 6.23. The van der Waals surface area contributed by atoms with Crippen molar-refractivity contribution in [2.24, 2.45) is 11.7 Å². The number of carbonyl (C=O) groups excluding carboxylic acids is 1. The zero-order chi connectivity index (χ0) is 14.4. The Hall–Kier alpha value is -1.88. The number of carboxylic acids is 1. The van der Waals surface area contributed by atoms with E-state index in [0.29, 0.717) is 12.1 Å². The highest BCUT2D eigenvalue weighted by atomic mass is 16.4. The Bertz CT molecular complexity index is 458. The van der Waals surface area contributed by atoms with Crippen LogP contribution in [0.1, 0.15) is 25.0 Å². The smallest absolute Gasteiger partial charge is 0.307 e. The number of amides is 1. The van der Waals surface area contributed by atoms with E-state index >= 15 is 0 Å². The van der Waals surface area contributed by atoms with Gasteiger partial charge in [0.1, 0.15) is 0 Å². The van der Waals surface area contributed by atoms with E-state index in [4.69, 9.17) is 10.8 Å². The Morgan fingerprint density at radius 1 is 1.26 bits per heavy atom. The van der Waals surface area contributed by atoms with E-state index < -0.39 is 12.0 Å². The van der Waals surface area contributed by atoms with Gasteiger partial charge in [-0.15, -0.1) is 0 Å². The number of hydrogen-bond donors (Lipinski definition) is 3. The van der Waals surface area contributed by atoms with Crippen molar-refractivity contribution in [3.8, 4) is 0 Å². The van der Waals surface area contributed by atoms with Crippen LogP contribution in [-0.2, 0) is 22.6 Å². The first kappa shape index (κ1) is 15.2. The van der Waals surface area contributed by atoms with E-state index in [2.05, 4.69) is 5.32 Å². The second kappa shape index (κ2) is 6.89. The molecule has 0 fully saturated rings. The fraction of sp³-hybridized carbons (Fsp3) is 0.429. The average molecular weight is 264 g/mol. The largest absolute Gasteiger partial charge is 0.481 e. The molecule has 0 saturated carbocycles. The van der Waals surface area contributed by atoms with Crippen LogP contribution < -0.4 is 11.1 Å². The van der Waals surface area contributed by atoms with E-state index in [0.717, 1.165) is 5.56 Å². The monoisotopic (exact) mass is 264 g/mol. The van der Waals surface area contributed by atoms with Gasteiger partial charge in [0.25, 0.3) is 0 Å². The number of hydrogen-bond acceptors (Lipinski definition) is 3. The maximum Gasteiger partial charge on any atom is 0.307 e. The van der Waals surface area contributed by atoms with Gasteiger partial charge in [-0.05, 0) is 17.0 Å². The van der Waals surface area contributed by atoms with E-state index in [-0.39, 0.29) is 18.2 Å². The van der Waals surface area contributed by atoms with Gasteiger partial charge >= 0.3 is 5.97 Å². The summed E-state index contributed by atoms with van der Waals surface area (Å²) in [5, 5.41) is 11.6. The van der Waals surface area contributed by atoms with Gasteiger partial charge in [-0.3, -0.25) is 9.59 Å². The molecule has 0 radical (unpaired) electrons. The lowest BCUT2D eigenvalue weighted by atomic mass is 10.0. The molecule has 1 amide bonds. The normalized spacial score (nSPS) is 12.2. The Labute approximate surface area is 112 Å². The van der Waals surface area contributed by atoms with E-state index in [9.17, 15) is 9.59 Å². The quantitative estimate of drug-likeness (QED) is 0.712. The van der Waals surface area contributed by atoms with E-state index in [1.165, 1.54) is 0 Å². The van der Waals surface area contributed by atoms with Crippen molar-refractivity contribution in [3.63, 3.8) is 0 Å². The van der Waals surface area contributed by atoms with Crippen LogP contribution in [0.25, 0.3) is 0 Å². The first-order valence-corrected chi connectivity index (χ1v) is 6.23. The minimum absolute atomic E-state index is 0.0533. The summed E-state index contributed by atoms with van der Waals surface area (Å²) in [6.45, 7) is 4.05. The molecule has 0 bridgehead atoms. The molecule has 0 aromatic heterocycles. The number of rotatable bonds is 6. The van der Waals surface area contributed by atoms with Crippen molar-refractivity contribution in [2.45, 2.75) is 32.9 Å². The van der Waals surface area contributed by atoms with Crippen molar-refractivity contribution < 1.29 is 14.7 Å². The van der Waals surface area contributed by atoms with Crippen molar-refractivity contribution >= 4 is 11.9 Å². The summed E-state index contributed by atoms with van der Waals surface area (Å²) in [4.78, 5) is 22.5. The summed E-state index contributed by atoms with van der Waals surface area (Å²) >= 11 is 0. The highest BCUT2D eigenvalue weighted by molar-refractivity contribution is 5.81. The minimum atomic E-state index is -0.891. The molecule has 5 nitrogen and oxygen atoms in total. The molecule has 5 heteroatoms. The molecule has 0 spiro atoms. The number of carboxylic acid groups (broad SMARTS) is 1. The molecule has 104 valence electrons. The van der Waals surface area contributed by atoms with Crippen molar-refractivity contribution in [2.75, 3.05) is 0 Å². The Morgan fingerprint density at radius 2 is 1.84 bits per heavy atom. The Balaban J connectivity index is 2.67. The number of nitrogens with one attached hydrogen (secondary N) is 1. The van der Waals surface area contributed by atoms with E-state index in [1.807, 2.05) is 19.9 Å². The molecular weight excluding hydrogens is 244 g/mol. The van der Waals surface area contributed by atoms with Crippen LogP contribution >= 0.6 is 0 Å². The highest BCUT2D eigenvalue weighted by Crippen LogP contribution is 2.10. The van der Waals surface area contributed by atoms with Crippen LogP contribution in [0.3, 0.4) is 0 Å². The van der Waals surface area contributed by atoms with Crippen LogP contribution in [0, 0.1) is 5.92 Å². The molecule has 1 aromatic rings. The lowest BCUT2D eigenvalue weighted by Crippen LogP contribution is -2.43. The van der Waals surface area contributed by atoms with Gasteiger partial charge in [-0.25, -0.2) is 0 Å². The fourth-order valence-corrected chi connectivity index (χ4v) is 1.67. The molecule has 1 aromatic carbocycles. The Kier molecular flexibility index (Phi) is 5.51. The first-order chi connectivity index (χ1) is 8.91. The SMILES string of the molecule is CC(C)[C@@H](N)C(=O)NCc1ccccc1CC(=O)O. The van der Waals surface area contributed by atoms with Crippen molar-refractivity contribution in [1.29, 1.82) is 0 Å². The summed E-state index contributed by atoms with van der Waals surface area (Å²) in [6.07, 6.45) is -0.0533. The average Bonchev–Trinajstić information content (AvgIpc) is 2.35. The van der Waals surface area contributed by atoms with Crippen LogP contribution in [-0.4, -0.2) is 23.0 Å². The molecule has 1 rings (SSSR count). The number of aliphatic carboxylic acids is 1. The summed E-state index contributed by atoms with van der Waals surface area (Å²) in [6, 6.07) is 6.60. The maximum atomic E-state index is 11.7. The van der Waals surface area contributed by atoms with Crippen molar-refractivity contribution in [3.05, 3.63) is 35.4 Å². The predicted molar refractivity (Wildman–Crippen MR) is 72.4 cm³/mol. The van der Waals surface area contributed by atoms with Gasteiger partial charge in [0.05, 0.1) is 12.5 Å².